The highest BCUT2D eigenvalue weighted by Crippen LogP contribution is 2.39. The van der Waals surface area contributed by atoms with Crippen LogP contribution in [0.3, 0.4) is 0 Å². The van der Waals surface area contributed by atoms with Gasteiger partial charge in [0.2, 0.25) is 0 Å². The summed E-state index contributed by atoms with van der Waals surface area (Å²) in [6.07, 6.45) is 6.55. The van der Waals surface area contributed by atoms with E-state index in [0.29, 0.717) is 12.0 Å². The summed E-state index contributed by atoms with van der Waals surface area (Å²) in [6, 6.07) is 0. The molecule has 2 heteroatoms. The number of ether oxygens (including phenoxy) is 2. The molecular weight excluding hydrogens is 188 g/mol. The number of hydrogen-bond donors (Lipinski definition) is 0. The Kier molecular flexibility index (Phi) is 2.91. The average molecular weight is 210 g/mol. The van der Waals surface area contributed by atoms with Gasteiger partial charge in [0.1, 0.15) is 6.10 Å². The van der Waals surface area contributed by atoms with Crippen molar-refractivity contribution >= 4 is 0 Å². The van der Waals surface area contributed by atoms with Crippen LogP contribution in [0.1, 0.15) is 47.0 Å². The molecule has 2 aliphatic rings. The van der Waals surface area contributed by atoms with Crippen molar-refractivity contribution in [3.63, 3.8) is 0 Å². The molecule has 0 aromatic heterocycles. The minimum absolute atomic E-state index is 0.0390. The normalized spacial score (nSPS) is 36.3. The van der Waals surface area contributed by atoms with E-state index in [1.54, 1.807) is 0 Å². The fourth-order valence-corrected chi connectivity index (χ4v) is 2.26. The molecule has 0 aromatic carbocycles. The molecule has 15 heavy (non-hydrogen) atoms. The minimum atomic E-state index is -0.0904. The zero-order chi connectivity index (χ0) is 11.1. The topological polar surface area (TPSA) is 21.8 Å². The first-order chi connectivity index (χ1) is 6.96. The molecule has 0 aromatic rings. The van der Waals surface area contributed by atoms with Crippen LogP contribution in [0, 0.1) is 5.92 Å². The average Bonchev–Trinajstić information content (AvgIpc) is 2.80. The Morgan fingerprint density at radius 2 is 2.13 bits per heavy atom. The highest BCUT2D eigenvalue weighted by atomic mass is 16.8. The third-order valence-corrected chi connectivity index (χ3v) is 2.98. The van der Waals surface area contributed by atoms with Crippen LogP contribution in [0.4, 0.5) is 0 Å². The van der Waals surface area contributed by atoms with E-state index in [-0.39, 0.29) is 11.9 Å². The largest absolute Gasteiger partial charge is 0.344 e. The quantitative estimate of drug-likeness (QED) is 0.515. The van der Waals surface area contributed by atoms with Gasteiger partial charge in [0.15, 0.2) is 6.29 Å². The molecule has 1 unspecified atom stereocenters. The van der Waals surface area contributed by atoms with Gasteiger partial charge in [-0.05, 0) is 47.0 Å². The Hall–Kier alpha value is -0.340. The standard InChI is InChI=1S/C13H22O2/c1-9-6-5-7-10(8-9)11-12(14-11)15-13(2,3)4/h8,10-12H,5-7H2,1-4H3/t10?,11-,12+/m1/s1. The van der Waals surface area contributed by atoms with Gasteiger partial charge in [-0.3, -0.25) is 0 Å². The van der Waals surface area contributed by atoms with E-state index in [1.807, 2.05) is 0 Å². The maximum atomic E-state index is 5.80. The molecule has 0 bridgehead atoms. The van der Waals surface area contributed by atoms with Crippen LogP contribution in [0.5, 0.6) is 0 Å². The lowest BCUT2D eigenvalue weighted by atomic mass is 9.89. The number of hydrogen-bond acceptors (Lipinski definition) is 2. The second-order valence-electron chi connectivity index (χ2n) is 5.77. The van der Waals surface area contributed by atoms with E-state index in [0.717, 1.165) is 0 Å². The first-order valence-electron chi connectivity index (χ1n) is 5.96. The monoisotopic (exact) mass is 210 g/mol. The third-order valence-electron chi connectivity index (χ3n) is 2.98. The maximum absolute atomic E-state index is 5.80. The van der Waals surface area contributed by atoms with Crippen molar-refractivity contribution in [1.82, 2.24) is 0 Å². The predicted molar refractivity (Wildman–Crippen MR) is 60.6 cm³/mol. The van der Waals surface area contributed by atoms with Crippen molar-refractivity contribution in [3.8, 4) is 0 Å². The molecule has 2 nitrogen and oxygen atoms in total. The lowest BCUT2D eigenvalue weighted by molar-refractivity contribution is -0.0571. The van der Waals surface area contributed by atoms with Crippen LogP contribution in [0.15, 0.2) is 11.6 Å². The van der Waals surface area contributed by atoms with E-state index >= 15 is 0 Å². The van der Waals surface area contributed by atoms with Crippen molar-refractivity contribution in [2.24, 2.45) is 5.92 Å². The van der Waals surface area contributed by atoms with Crippen molar-refractivity contribution in [3.05, 3.63) is 11.6 Å². The number of epoxide rings is 1. The van der Waals surface area contributed by atoms with Gasteiger partial charge >= 0.3 is 0 Å². The van der Waals surface area contributed by atoms with Gasteiger partial charge < -0.3 is 9.47 Å². The minimum Gasteiger partial charge on any atom is -0.344 e. The van der Waals surface area contributed by atoms with Crippen LogP contribution in [-0.4, -0.2) is 18.0 Å². The second-order valence-corrected chi connectivity index (χ2v) is 5.77. The molecule has 3 atom stereocenters. The summed E-state index contributed by atoms with van der Waals surface area (Å²) < 4.78 is 11.4. The Balaban J connectivity index is 1.86. The van der Waals surface area contributed by atoms with Crippen molar-refractivity contribution in [1.29, 1.82) is 0 Å². The van der Waals surface area contributed by atoms with E-state index < -0.39 is 0 Å². The Morgan fingerprint density at radius 1 is 1.40 bits per heavy atom. The van der Waals surface area contributed by atoms with Gasteiger partial charge in [0.25, 0.3) is 0 Å². The van der Waals surface area contributed by atoms with Crippen LogP contribution in [-0.2, 0) is 9.47 Å². The van der Waals surface area contributed by atoms with Gasteiger partial charge in [0.05, 0.1) is 5.60 Å². The SMILES string of the molecule is CC1=CC([C@H]2O[C@H]2OC(C)(C)C)CCC1. The second kappa shape index (κ2) is 3.91. The summed E-state index contributed by atoms with van der Waals surface area (Å²) >= 11 is 0. The molecule has 2 rings (SSSR count). The fraction of sp³-hybridized carbons (Fsp3) is 0.846. The Morgan fingerprint density at radius 3 is 2.73 bits per heavy atom. The van der Waals surface area contributed by atoms with E-state index in [4.69, 9.17) is 9.47 Å². The molecule has 86 valence electrons. The van der Waals surface area contributed by atoms with Gasteiger partial charge in [-0.1, -0.05) is 11.6 Å². The molecular formula is C13H22O2. The molecule has 0 N–H and O–H groups in total. The Bertz CT molecular complexity index is 262. The lowest BCUT2D eigenvalue weighted by Crippen LogP contribution is -2.23. The van der Waals surface area contributed by atoms with Gasteiger partial charge in [-0.25, -0.2) is 0 Å². The van der Waals surface area contributed by atoms with Gasteiger partial charge in [0, 0.05) is 5.92 Å². The highest BCUT2D eigenvalue weighted by Gasteiger charge is 2.47. The highest BCUT2D eigenvalue weighted by molar-refractivity contribution is 5.09. The van der Waals surface area contributed by atoms with Crippen LogP contribution in [0.2, 0.25) is 0 Å². The van der Waals surface area contributed by atoms with Crippen molar-refractivity contribution in [2.45, 2.75) is 65.0 Å². The van der Waals surface area contributed by atoms with E-state index in [9.17, 15) is 0 Å². The summed E-state index contributed by atoms with van der Waals surface area (Å²) in [6.45, 7) is 8.45. The molecule has 0 radical (unpaired) electrons. The summed E-state index contributed by atoms with van der Waals surface area (Å²) in [7, 11) is 0. The first-order valence-corrected chi connectivity index (χ1v) is 5.96. The summed E-state index contributed by atoms with van der Waals surface area (Å²) in [5, 5.41) is 0. The Labute approximate surface area is 92.6 Å². The molecule has 1 fully saturated rings. The maximum Gasteiger partial charge on any atom is 0.185 e. The van der Waals surface area contributed by atoms with Crippen LogP contribution < -0.4 is 0 Å². The number of rotatable bonds is 2. The molecule has 0 amide bonds. The molecule has 0 saturated carbocycles. The smallest absolute Gasteiger partial charge is 0.185 e. The van der Waals surface area contributed by atoms with Crippen LogP contribution >= 0.6 is 0 Å². The van der Waals surface area contributed by atoms with Crippen molar-refractivity contribution < 1.29 is 9.47 Å². The summed E-state index contributed by atoms with van der Waals surface area (Å²) in [5.41, 5.74) is 1.42. The summed E-state index contributed by atoms with van der Waals surface area (Å²) in [5.74, 6) is 0.589. The van der Waals surface area contributed by atoms with Gasteiger partial charge in [-0.2, -0.15) is 0 Å². The first kappa shape index (κ1) is 11.2. The van der Waals surface area contributed by atoms with Gasteiger partial charge in [-0.15, -0.1) is 0 Å². The number of allylic oxidation sites excluding steroid dienone is 1. The molecule has 1 aliphatic carbocycles. The molecule has 1 heterocycles. The van der Waals surface area contributed by atoms with E-state index in [2.05, 4.69) is 33.8 Å². The molecule has 1 aliphatic heterocycles. The fourth-order valence-electron chi connectivity index (χ4n) is 2.26. The zero-order valence-corrected chi connectivity index (χ0v) is 10.2. The summed E-state index contributed by atoms with van der Waals surface area (Å²) in [4.78, 5) is 0. The lowest BCUT2D eigenvalue weighted by Gasteiger charge is -2.20. The third kappa shape index (κ3) is 3.05. The van der Waals surface area contributed by atoms with E-state index in [1.165, 1.54) is 24.8 Å². The molecule has 1 saturated heterocycles. The van der Waals surface area contributed by atoms with Crippen LogP contribution in [0.25, 0.3) is 0 Å². The van der Waals surface area contributed by atoms with Crippen molar-refractivity contribution in [2.75, 3.05) is 0 Å². The predicted octanol–water partition coefficient (Wildman–Crippen LogP) is 3.27. The zero-order valence-electron chi connectivity index (χ0n) is 10.2. The molecule has 0 spiro atoms.